The summed E-state index contributed by atoms with van der Waals surface area (Å²) in [6, 6.07) is 5.50. The molecule has 5 nitrogen and oxygen atoms in total. The number of nitrogens with two attached hydrogens (primary N) is 1. The van der Waals surface area contributed by atoms with E-state index in [4.69, 9.17) is 5.73 Å². The fourth-order valence-corrected chi connectivity index (χ4v) is 3.22. The second-order valence-electron chi connectivity index (χ2n) is 5.76. The summed E-state index contributed by atoms with van der Waals surface area (Å²) in [5.74, 6) is 0.750. The van der Waals surface area contributed by atoms with Crippen LogP contribution in [0.1, 0.15) is 25.7 Å². The molecular formula is C14H21N3O2S. The molecule has 3 rings (SSSR count). The van der Waals surface area contributed by atoms with Crippen molar-refractivity contribution in [2.24, 2.45) is 5.92 Å². The van der Waals surface area contributed by atoms with Crippen LogP contribution >= 0.6 is 0 Å². The molecule has 2 aliphatic rings. The summed E-state index contributed by atoms with van der Waals surface area (Å²) in [6.45, 7) is 0.998. The second-order valence-corrected chi connectivity index (χ2v) is 7.64. The highest BCUT2D eigenvalue weighted by Crippen LogP contribution is 2.40. The Morgan fingerprint density at radius 3 is 2.55 bits per heavy atom. The summed E-state index contributed by atoms with van der Waals surface area (Å²) in [6.07, 6.45) is 4.90. The molecule has 0 unspecified atom stereocenters. The highest BCUT2D eigenvalue weighted by Gasteiger charge is 2.35. The maximum absolute atomic E-state index is 11.9. The number of rotatable bonds is 6. The molecular weight excluding hydrogens is 274 g/mol. The molecule has 20 heavy (non-hydrogen) atoms. The summed E-state index contributed by atoms with van der Waals surface area (Å²) in [7, 11) is -2.00. The van der Waals surface area contributed by atoms with E-state index >= 15 is 0 Å². The monoisotopic (exact) mass is 295 g/mol. The van der Waals surface area contributed by atoms with Gasteiger partial charge in [-0.3, -0.25) is 0 Å². The largest absolute Gasteiger partial charge is 0.397 e. The Balaban J connectivity index is 1.95. The van der Waals surface area contributed by atoms with Gasteiger partial charge in [-0.15, -0.1) is 0 Å². The molecule has 6 heteroatoms. The number of nitrogen functional groups attached to an aromatic ring is 1. The fourth-order valence-electron chi connectivity index (χ4n) is 2.47. The highest BCUT2D eigenvalue weighted by atomic mass is 32.2. The van der Waals surface area contributed by atoms with Crippen LogP contribution in [-0.2, 0) is 10.0 Å². The minimum atomic E-state index is -3.42. The van der Waals surface area contributed by atoms with Gasteiger partial charge in [-0.25, -0.2) is 13.1 Å². The van der Waals surface area contributed by atoms with Crippen LogP contribution in [-0.4, -0.2) is 28.1 Å². The Hall–Kier alpha value is -1.27. The lowest BCUT2D eigenvalue weighted by Crippen LogP contribution is -2.29. The predicted molar refractivity (Wildman–Crippen MR) is 80.2 cm³/mol. The number of hydrogen-bond acceptors (Lipinski definition) is 4. The average Bonchev–Trinajstić information content (AvgIpc) is 3.28. The normalized spacial score (nSPS) is 19.1. The van der Waals surface area contributed by atoms with E-state index in [0.717, 1.165) is 18.2 Å². The molecule has 0 aliphatic heterocycles. The van der Waals surface area contributed by atoms with Crippen LogP contribution < -0.4 is 15.4 Å². The van der Waals surface area contributed by atoms with Crippen LogP contribution in [0.5, 0.6) is 0 Å². The summed E-state index contributed by atoms with van der Waals surface area (Å²) in [5, 5.41) is 0. The third kappa shape index (κ3) is 2.76. The zero-order chi connectivity index (χ0) is 14.3. The van der Waals surface area contributed by atoms with E-state index in [1.165, 1.54) is 32.7 Å². The topological polar surface area (TPSA) is 75.4 Å². The number of anilines is 2. The first-order chi connectivity index (χ1) is 9.51. The van der Waals surface area contributed by atoms with Crippen LogP contribution in [0.3, 0.4) is 0 Å². The van der Waals surface area contributed by atoms with Crippen molar-refractivity contribution in [2.45, 2.75) is 36.6 Å². The van der Waals surface area contributed by atoms with Crippen LogP contribution in [0.15, 0.2) is 23.1 Å². The van der Waals surface area contributed by atoms with Gasteiger partial charge in [0.25, 0.3) is 0 Å². The van der Waals surface area contributed by atoms with Gasteiger partial charge >= 0.3 is 0 Å². The van der Waals surface area contributed by atoms with E-state index in [-0.39, 0.29) is 4.90 Å². The molecule has 0 atom stereocenters. The molecule has 0 amide bonds. The first-order valence-corrected chi connectivity index (χ1v) is 8.59. The zero-order valence-electron chi connectivity index (χ0n) is 11.7. The van der Waals surface area contributed by atoms with Gasteiger partial charge in [0, 0.05) is 12.6 Å². The van der Waals surface area contributed by atoms with Crippen molar-refractivity contribution in [3.63, 3.8) is 0 Å². The number of sulfonamides is 1. The molecule has 0 spiro atoms. The van der Waals surface area contributed by atoms with Crippen LogP contribution in [0.4, 0.5) is 11.4 Å². The van der Waals surface area contributed by atoms with Crippen LogP contribution in [0.2, 0.25) is 0 Å². The minimum absolute atomic E-state index is 0.283. The maximum atomic E-state index is 11.9. The minimum Gasteiger partial charge on any atom is -0.397 e. The van der Waals surface area contributed by atoms with E-state index in [0.29, 0.717) is 11.7 Å². The molecule has 2 saturated carbocycles. The SMILES string of the molecule is CNS(=O)(=O)c1ccc(N)c(N(CC2CC2)C2CC2)c1. The number of hydrogen-bond donors (Lipinski definition) is 2. The molecule has 1 aromatic rings. The Kier molecular flexibility index (Phi) is 3.38. The van der Waals surface area contributed by atoms with Crippen molar-refractivity contribution in [1.82, 2.24) is 4.72 Å². The Morgan fingerprint density at radius 1 is 1.30 bits per heavy atom. The van der Waals surface area contributed by atoms with Crippen LogP contribution in [0, 0.1) is 5.92 Å². The van der Waals surface area contributed by atoms with E-state index in [1.807, 2.05) is 0 Å². The lowest BCUT2D eigenvalue weighted by Gasteiger charge is -2.26. The summed E-state index contributed by atoms with van der Waals surface area (Å²) >= 11 is 0. The van der Waals surface area contributed by atoms with Crippen molar-refractivity contribution >= 4 is 21.4 Å². The Bertz CT molecular complexity index is 607. The standard InChI is InChI=1S/C14H21N3O2S/c1-16-20(18,19)12-6-7-13(15)14(8-12)17(11-4-5-11)9-10-2-3-10/h6-8,10-11,16H,2-5,9,15H2,1H3. The Labute approximate surface area is 120 Å². The van der Waals surface area contributed by atoms with E-state index in [2.05, 4.69) is 9.62 Å². The lowest BCUT2D eigenvalue weighted by molar-refractivity contribution is 0.588. The molecule has 1 aromatic carbocycles. The number of nitrogens with one attached hydrogen (secondary N) is 1. The van der Waals surface area contributed by atoms with Gasteiger partial charge in [0.05, 0.1) is 16.3 Å². The molecule has 110 valence electrons. The predicted octanol–water partition coefficient (Wildman–Crippen LogP) is 1.56. The van der Waals surface area contributed by atoms with Crippen molar-refractivity contribution in [1.29, 1.82) is 0 Å². The van der Waals surface area contributed by atoms with Gasteiger partial charge in [0.15, 0.2) is 0 Å². The third-order valence-electron chi connectivity index (χ3n) is 4.03. The van der Waals surface area contributed by atoms with E-state index in [1.54, 1.807) is 18.2 Å². The van der Waals surface area contributed by atoms with E-state index in [9.17, 15) is 8.42 Å². The van der Waals surface area contributed by atoms with E-state index < -0.39 is 10.0 Å². The smallest absolute Gasteiger partial charge is 0.240 e. The molecule has 2 aliphatic carbocycles. The number of benzene rings is 1. The van der Waals surface area contributed by atoms with Crippen LogP contribution in [0.25, 0.3) is 0 Å². The zero-order valence-corrected chi connectivity index (χ0v) is 12.5. The van der Waals surface area contributed by atoms with Gasteiger partial charge in [-0.05, 0) is 56.8 Å². The summed E-state index contributed by atoms with van der Waals surface area (Å²) in [4.78, 5) is 2.59. The van der Waals surface area contributed by atoms with Gasteiger partial charge in [0.2, 0.25) is 10.0 Å². The lowest BCUT2D eigenvalue weighted by atomic mass is 10.2. The van der Waals surface area contributed by atoms with Gasteiger partial charge in [-0.1, -0.05) is 0 Å². The quantitative estimate of drug-likeness (QED) is 0.781. The van der Waals surface area contributed by atoms with Gasteiger partial charge in [0.1, 0.15) is 0 Å². The Morgan fingerprint density at radius 2 is 2.00 bits per heavy atom. The third-order valence-corrected chi connectivity index (χ3v) is 5.44. The maximum Gasteiger partial charge on any atom is 0.240 e. The molecule has 0 heterocycles. The van der Waals surface area contributed by atoms with Crippen molar-refractivity contribution in [2.75, 3.05) is 24.2 Å². The summed E-state index contributed by atoms with van der Waals surface area (Å²) < 4.78 is 26.2. The molecule has 0 saturated heterocycles. The van der Waals surface area contributed by atoms with Crippen molar-refractivity contribution in [3.8, 4) is 0 Å². The average molecular weight is 295 g/mol. The first-order valence-electron chi connectivity index (χ1n) is 7.11. The van der Waals surface area contributed by atoms with Gasteiger partial charge in [-0.2, -0.15) is 0 Å². The van der Waals surface area contributed by atoms with Gasteiger partial charge < -0.3 is 10.6 Å². The van der Waals surface area contributed by atoms with Crippen molar-refractivity contribution < 1.29 is 8.42 Å². The molecule has 2 fully saturated rings. The molecule has 0 bridgehead atoms. The summed E-state index contributed by atoms with van der Waals surface area (Å²) in [5.41, 5.74) is 7.61. The number of nitrogens with zero attached hydrogens (tertiary/aromatic N) is 1. The first kappa shape index (κ1) is 13.7. The highest BCUT2D eigenvalue weighted by molar-refractivity contribution is 7.89. The van der Waals surface area contributed by atoms with Crippen molar-refractivity contribution in [3.05, 3.63) is 18.2 Å². The fraction of sp³-hybridized carbons (Fsp3) is 0.571. The second kappa shape index (κ2) is 4.93. The molecule has 3 N–H and O–H groups in total. The molecule has 0 radical (unpaired) electrons. The molecule has 0 aromatic heterocycles.